The molecule has 1 unspecified atom stereocenters. The lowest BCUT2D eigenvalue weighted by molar-refractivity contribution is 0.548. The topological polar surface area (TPSA) is 26.0 Å². The molecule has 1 atom stereocenters. The molecule has 0 fully saturated rings. The minimum Gasteiger partial charge on any atom is -0.330 e. The first-order chi connectivity index (χ1) is 6.56. The maximum atomic E-state index is 13.3. The van der Waals surface area contributed by atoms with Crippen molar-refractivity contribution >= 4 is 0 Å². The number of benzene rings is 1. The number of hydrogen-bond donors (Lipinski definition) is 1. The maximum absolute atomic E-state index is 13.3. The lowest BCUT2D eigenvalue weighted by Gasteiger charge is -2.12. The average Bonchev–Trinajstić information content (AvgIpc) is 2.11. The number of halogens is 2. The van der Waals surface area contributed by atoms with Crippen LogP contribution in [0.1, 0.15) is 30.4 Å². The highest BCUT2D eigenvalue weighted by atomic mass is 19.1. The van der Waals surface area contributed by atoms with Crippen LogP contribution in [0, 0.1) is 18.6 Å². The summed E-state index contributed by atoms with van der Waals surface area (Å²) in [6.07, 6.45) is 0.710. The molecule has 0 heterocycles. The molecule has 1 rings (SSSR count). The second kappa shape index (κ2) is 4.51. The van der Waals surface area contributed by atoms with Crippen molar-refractivity contribution in [3.63, 3.8) is 0 Å². The maximum Gasteiger partial charge on any atom is 0.129 e. The standard InChI is InChI=1S/C11H15F2N/c1-7(3-4-14)9-5-8(2)10(12)6-11(9)13/h5-7H,3-4,14H2,1-2H3. The summed E-state index contributed by atoms with van der Waals surface area (Å²) in [5.74, 6) is -0.931. The molecule has 3 heteroatoms. The number of hydrogen-bond acceptors (Lipinski definition) is 1. The third-order valence-corrected chi connectivity index (χ3v) is 2.41. The van der Waals surface area contributed by atoms with Gasteiger partial charge in [-0.15, -0.1) is 0 Å². The van der Waals surface area contributed by atoms with Crippen LogP contribution in [0.2, 0.25) is 0 Å². The highest BCUT2D eigenvalue weighted by Crippen LogP contribution is 2.24. The fourth-order valence-corrected chi connectivity index (χ4v) is 1.46. The van der Waals surface area contributed by atoms with Crippen molar-refractivity contribution < 1.29 is 8.78 Å². The van der Waals surface area contributed by atoms with Gasteiger partial charge in [-0.1, -0.05) is 6.92 Å². The Morgan fingerprint density at radius 2 is 1.93 bits per heavy atom. The summed E-state index contributed by atoms with van der Waals surface area (Å²) in [6, 6.07) is 2.50. The van der Waals surface area contributed by atoms with Crippen molar-refractivity contribution in [1.29, 1.82) is 0 Å². The molecule has 0 saturated heterocycles. The van der Waals surface area contributed by atoms with Gasteiger partial charge in [0.1, 0.15) is 11.6 Å². The molecular formula is C11H15F2N. The van der Waals surface area contributed by atoms with Crippen molar-refractivity contribution in [2.24, 2.45) is 5.73 Å². The molecule has 0 radical (unpaired) electrons. The Labute approximate surface area is 82.9 Å². The van der Waals surface area contributed by atoms with Gasteiger partial charge in [0.2, 0.25) is 0 Å². The molecule has 1 aromatic carbocycles. The Balaban J connectivity index is 3.02. The van der Waals surface area contributed by atoms with E-state index in [0.717, 1.165) is 6.07 Å². The largest absolute Gasteiger partial charge is 0.330 e. The molecule has 1 aromatic rings. The highest BCUT2D eigenvalue weighted by Gasteiger charge is 2.12. The van der Waals surface area contributed by atoms with Gasteiger partial charge in [0.05, 0.1) is 0 Å². The summed E-state index contributed by atoms with van der Waals surface area (Å²) >= 11 is 0. The fraction of sp³-hybridized carbons (Fsp3) is 0.455. The Kier molecular flexibility index (Phi) is 3.58. The molecule has 14 heavy (non-hydrogen) atoms. The van der Waals surface area contributed by atoms with Gasteiger partial charge in [-0.2, -0.15) is 0 Å². The lowest BCUT2D eigenvalue weighted by atomic mass is 9.95. The molecule has 0 bridgehead atoms. The van der Waals surface area contributed by atoms with Gasteiger partial charge >= 0.3 is 0 Å². The molecule has 1 nitrogen and oxygen atoms in total. The first-order valence-electron chi connectivity index (χ1n) is 4.72. The van der Waals surface area contributed by atoms with Crippen LogP contribution in [0.5, 0.6) is 0 Å². The first-order valence-corrected chi connectivity index (χ1v) is 4.72. The summed E-state index contributed by atoms with van der Waals surface area (Å²) in [6.45, 7) is 4.03. The Hall–Kier alpha value is -0.960. The predicted molar refractivity (Wildman–Crippen MR) is 53.2 cm³/mol. The second-order valence-corrected chi connectivity index (χ2v) is 3.60. The van der Waals surface area contributed by atoms with Gasteiger partial charge in [-0.3, -0.25) is 0 Å². The number of nitrogens with two attached hydrogens (primary N) is 1. The van der Waals surface area contributed by atoms with Crippen LogP contribution in [0.25, 0.3) is 0 Å². The van der Waals surface area contributed by atoms with E-state index in [1.54, 1.807) is 13.0 Å². The van der Waals surface area contributed by atoms with Crippen molar-refractivity contribution in [1.82, 2.24) is 0 Å². The van der Waals surface area contributed by atoms with Crippen LogP contribution >= 0.6 is 0 Å². The van der Waals surface area contributed by atoms with E-state index >= 15 is 0 Å². The van der Waals surface area contributed by atoms with E-state index < -0.39 is 11.6 Å². The summed E-state index contributed by atoms with van der Waals surface area (Å²) in [5.41, 5.74) is 6.42. The van der Waals surface area contributed by atoms with Crippen molar-refractivity contribution in [3.05, 3.63) is 34.9 Å². The summed E-state index contributed by atoms with van der Waals surface area (Å²) in [5, 5.41) is 0. The number of aryl methyl sites for hydroxylation is 1. The van der Waals surface area contributed by atoms with Crippen LogP contribution in [0.3, 0.4) is 0 Å². The highest BCUT2D eigenvalue weighted by molar-refractivity contribution is 5.28. The summed E-state index contributed by atoms with van der Waals surface area (Å²) in [7, 11) is 0. The van der Waals surface area contributed by atoms with Crippen LogP contribution in [-0.2, 0) is 0 Å². The average molecular weight is 199 g/mol. The quantitative estimate of drug-likeness (QED) is 0.795. The minimum atomic E-state index is -0.494. The Morgan fingerprint density at radius 3 is 2.50 bits per heavy atom. The van der Waals surface area contributed by atoms with Gasteiger partial charge in [0.15, 0.2) is 0 Å². The SMILES string of the molecule is Cc1cc(C(C)CCN)c(F)cc1F. The normalized spacial score (nSPS) is 12.9. The zero-order valence-corrected chi connectivity index (χ0v) is 8.48. The number of rotatable bonds is 3. The minimum absolute atomic E-state index is 0.0410. The van der Waals surface area contributed by atoms with Gasteiger partial charge in [0, 0.05) is 6.07 Å². The van der Waals surface area contributed by atoms with Crippen molar-refractivity contribution in [3.8, 4) is 0 Å². The molecule has 0 aliphatic rings. The monoisotopic (exact) mass is 199 g/mol. The van der Waals surface area contributed by atoms with Gasteiger partial charge in [0.25, 0.3) is 0 Å². The van der Waals surface area contributed by atoms with Crippen LogP contribution in [-0.4, -0.2) is 6.54 Å². The van der Waals surface area contributed by atoms with Gasteiger partial charge < -0.3 is 5.73 Å². The third-order valence-electron chi connectivity index (χ3n) is 2.41. The predicted octanol–water partition coefficient (Wildman–Crippen LogP) is 2.73. The molecule has 0 aliphatic carbocycles. The van der Waals surface area contributed by atoms with E-state index in [1.807, 2.05) is 6.92 Å². The first kappa shape index (κ1) is 11.1. The second-order valence-electron chi connectivity index (χ2n) is 3.60. The summed E-state index contributed by atoms with van der Waals surface area (Å²) < 4.78 is 26.3. The van der Waals surface area contributed by atoms with Crippen LogP contribution < -0.4 is 5.73 Å². The van der Waals surface area contributed by atoms with E-state index in [9.17, 15) is 8.78 Å². The van der Waals surface area contributed by atoms with Crippen LogP contribution in [0.15, 0.2) is 12.1 Å². The zero-order valence-electron chi connectivity index (χ0n) is 8.48. The molecule has 0 spiro atoms. The van der Waals surface area contributed by atoms with E-state index in [0.29, 0.717) is 24.1 Å². The smallest absolute Gasteiger partial charge is 0.129 e. The van der Waals surface area contributed by atoms with E-state index in [1.165, 1.54) is 0 Å². The molecule has 0 aromatic heterocycles. The molecule has 0 amide bonds. The van der Waals surface area contributed by atoms with Crippen LogP contribution in [0.4, 0.5) is 8.78 Å². The fourth-order valence-electron chi connectivity index (χ4n) is 1.46. The third kappa shape index (κ3) is 2.29. The Morgan fingerprint density at radius 1 is 1.29 bits per heavy atom. The Bertz CT molecular complexity index is 323. The van der Waals surface area contributed by atoms with Crippen molar-refractivity contribution in [2.45, 2.75) is 26.2 Å². The van der Waals surface area contributed by atoms with E-state index in [4.69, 9.17) is 5.73 Å². The molecule has 0 saturated carbocycles. The molecule has 78 valence electrons. The lowest BCUT2D eigenvalue weighted by Crippen LogP contribution is -2.06. The molecule has 2 N–H and O–H groups in total. The van der Waals surface area contributed by atoms with E-state index in [2.05, 4.69) is 0 Å². The zero-order chi connectivity index (χ0) is 10.7. The van der Waals surface area contributed by atoms with Gasteiger partial charge in [-0.05, 0) is 43.0 Å². The van der Waals surface area contributed by atoms with E-state index in [-0.39, 0.29) is 5.92 Å². The molecular weight excluding hydrogens is 184 g/mol. The molecule has 0 aliphatic heterocycles. The summed E-state index contributed by atoms with van der Waals surface area (Å²) in [4.78, 5) is 0. The van der Waals surface area contributed by atoms with Crippen molar-refractivity contribution in [2.75, 3.05) is 6.54 Å². The van der Waals surface area contributed by atoms with Gasteiger partial charge in [-0.25, -0.2) is 8.78 Å².